The molecule has 0 spiro atoms. The van der Waals surface area contributed by atoms with Gasteiger partial charge in [0.1, 0.15) is 5.69 Å². The van der Waals surface area contributed by atoms with Crippen molar-refractivity contribution in [3.63, 3.8) is 0 Å². The van der Waals surface area contributed by atoms with Crippen LogP contribution in [0.15, 0.2) is 42.6 Å². The number of piperazine rings is 1. The van der Waals surface area contributed by atoms with E-state index in [0.29, 0.717) is 37.4 Å². The normalized spacial score (nSPS) is 20.4. The van der Waals surface area contributed by atoms with Gasteiger partial charge in [-0.25, -0.2) is 0 Å². The minimum Gasteiger partial charge on any atom is -0.366 e. The Kier molecular flexibility index (Phi) is 5.59. The lowest BCUT2D eigenvalue weighted by atomic mass is 10.0. The highest BCUT2D eigenvalue weighted by atomic mass is 16.2. The molecule has 2 fully saturated rings. The Labute approximate surface area is 175 Å². The van der Waals surface area contributed by atoms with Gasteiger partial charge in [0.05, 0.1) is 11.6 Å². The third-order valence-corrected chi connectivity index (χ3v) is 6.03. The molecule has 2 aliphatic heterocycles. The number of para-hydroxylation sites is 1. The lowest BCUT2D eigenvalue weighted by molar-refractivity contribution is -0.126. The van der Waals surface area contributed by atoms with Crippen molar-refractivity contribution in [3.8, 4) is 0 Å². The monoisotopic (exact) mass is 409 g/mol. The summed E-state index contributed by atoms with van der Waals surface area (Å²) in [6, 6.07) is 11.2. The number of hydrogen-bond acceptors (Lipinski definition) is 4. The average Bonchev–Trinajstić information content (AvgIpc) is 3.16. The van der Waals surface area contributed by atoms with E-state index in [-0.39, 0.29) is 17.9 Å². The van der Waals surface area contributed by atoms with Gasteiger partial charge in [0, 0.05) is 51.7 Å². The molecule has 0 aliphatic carbocycles. The molecule has 2 saturated heterocycles. The Morgan fingerprint density at radius 3 is 2.37 bits per heavy atom. The van der Waals surface area contributed by atoms with Gasteiger partial charge in [-0.05, 0) is 31.0 Å². The van der Waals surface area contributed by atoms with Crippen molar-refractivity contribution in [2.24, 2.45) is 12.8 Å². The lowest BCUT2D eigenvalue weighted by Crippen LogP contribution is -2.58. The third-order valence-electron chi connectivity index (χ3n) is 6.03. The van der Waals surface area contributed by atoms with Crippen molar-refractivity contribution < 1.29 is 14.4 Å². The van der Waals surface area contributed by atoms with Gasteiger partial charge in [0.2, 0.25) is 11.8 Å². The van der Waals surface area contributed by atoms with Gasteiger partial charge in [0.25, 0.3) is 5.91 Å². The molecule has 0 bridgehead atoms. The van der Waals surface area contributed by atoms with Crippen molar-refractivity contribution in [1.82, 2.24) is 14.4 Å². The van der Waals surface area contributed by atoms with Crippen LogP contribution in [0.5, 0.6) is 0 Å². The molecular formula is C22H27N5O3. The number of aromatic nitrogens is 1. The second-order valence-electron chi connectivity index (χ2n) is 7.90. The van der Waals surface area contributed by atoms with Gasteiger partial charge >= 0.3 is 0 Å². The Hall–Kier alpha value is -3.13. The molecule has 0 saturated carbocycles. The van der Waals surface area contributed by atoms with Gasteiger partial charge in [-0.1, -0.05) is 18.2 Å². The second kappa shape index (κ2) is 8.31. The van der Waals surface area contributed by atoms with Crippen molar-refractivity contribution in [2.75, 3.05) is 37.6 Å². The summed E-state index contributed by atoms with van der Waals surface area (Å²) in [5, 5.41) is 0. The summed E-state index contributed by atoms with van der Waals surface area (Å²) in [4.78, 5) is 43.3. The molecular weight excluding hydrogens is 382 g/mol. The van der Waals surface area contributed by atoms with Crippen molar-refractivity contribution in [1.29, 1.82) is 0 Å². The number of amides is 3. The first-order valence-electron chi connectivity index (χ1n) is 10.3. The van der Waals surface area contributed by atoms with Gasteiger partial charge in [-0.15, -0.1) is 0 Å². The van der Waals surface area contributed by atoms with E-state index >= 15 is 0 Å². The van der Waals surface area contributed by atoms with Gasteiger partial charge in [0.15, 0.2) is 0 Å². The highest BCUT2D eigenvalue weighted by Crippen LogP contribution is 2.24. The molecule has 1 aromatic carbocycles. The molecule has 2 aliphatic rings. The Bertz CT molecular complexity index is 947. The number of nitrogens with two attached hydrogens (primary N) is 1. The maximum atomic E-state index is 13.1. The molecule has 4 rings (SSSR count). The summed E-state index contributed by atoms with van der Waals surface area (Å²) in [5.74, 6) is -0.528. The number of aryl methyl sites for hydroxylation is 1. The van der Waals surface area contributed by atoms with Crippen molar-refractivity contribution >= 4 is 23.4 Å². The molecule has 2 N–H and O–H groups in total. The first-order valence-corrected chi connectivity index (χ1v) is 10.3. The maximum Gasteiger partial charge on any atom is 0.270 e. The minimum atomic E-state index is -0.548. The number of hydrogen-bond donors (Lipinski definition) is 1. The summed E-state index contributed by atoms with van der Waals surface area (Å²) in [6.07, 6.45) is 3.38. The summed E-state index contributed by atoms with van der Waals surface area (Å²) in [5.41, 5.74) is 7.03. The number of benzene rings is 1. The summed E-state index contributed by atoms with van der Waals surface area (Å²) < 4.78 is 1.64. The third kappa shape index (κ3) is 3.82. The molecule has 8 nitrogen and oxygen atoms in total. The van der Waals surface area contributed by atoms with Crippen LogP contribution in [0.2, 0.25) is 0 Å². The first kappa shape index (κ1) is 20.2. The van der Waals surface area contributed by atoms with Crippen LogP contribution in [-0.4, -0.2) is 70.9 Å². The molecule has 0 radical (unpaired) electrons. The molecule has 158 valence electrons. The Balaban J connectivity index is 1.40. The molecule has 2 aromatic rings. The summed E-state index contributed by atoms with van der Waals surface area (Å²) in [6.45, 7) is 3.14. The standard InChI is InChI=1S/C22H27N5O3/c1-24-15-16(20(23)28)14-19(24)21(29)26-12-10-25(11-13-26)18-8-5-9-27(22(18)30)17-6-3-2-4-7-17/h2-4,6-7,14-15,18H,5,8-13H2,1H3,(H2,23,28). The fourth-order valence-corrected chi connectivity index (χ4v) is 4.37. The first-order chi connectivity index (χ1) is 14.5. The summed E-state index contributed by atoms with van der Waals surface area (Å²) >= 11 is 0. The predicted molar refractivity (Wildman–Crippen MR) is 113 cm³/mol. The van der Waals surface area contributed by atoms with Crippen LogP contribution in [-0.2, 0) is 11.8 Å². The number of nitrogens with zero attached hydrogens (tertiary/aromatic N) is 4. The zero-order valence-electron chi connectivity index (χ0n) is 17.2. The van der Waals surface area contributed by atoms with E-state index in [2.05, 4.69) is 4.90 Å². The number of carbonyl (C=O) groups excluding carboxylic acids is 3. The van der Waals surface area contributed by atoms with E-state index in [1.807, 2.05) is 35.2 Å². The zero-order chi connectivity index (χ0) is 21.3. The number of piperidine rings is 1. The van der Waals surface area contributed by atoms with Crippen LogP contribution in [0, 0.1) is 0 Å². The molecule has 3 amide bonds. The number of rotatable bonds is 4. The number of anilines is 1. The van der Waals surface area contributed by atoms with E-state index in [1.54, 1.807) is 28.8 Å². The van der Waals surface area contributed by atoms with E-state index in [9.17, 15) is 14.4 Å². The smallest absolute Gasteiger partial charge is 0.270 e. The predicted octanol–water partition coefficient (Wildman–Crippen LogP) is 1.08. The minimum absolute atomic E-state index is 0.120. The molecule has 30 heavy (non-hydrogen) atoms. The van der Waals surface area contributed by atoms with Gasteiger partial charge in [-0.3, -0.25) is 19.3 Å². The van der Waals surface area contributed by atoms with Gasteiger partial charge in [-0.2, -0.15) is 0 Å². The van der Waals surface area contributed by atoms with E-state index in [1.165, 1.54) is 0 Å². The molecule has 3 heterocycles. The van der Waals surface area contributed by atoms with Gasteiger partial charge < -0.3 is 20.1 Å². The van der Waals surface area contributed by atoms with Crippen molar-refractivity contribution in [3.05, 3.63) is 53.9 Å². The second-order valence-corrected chi connectivity index (χ2v) is 7.90. The number of primary amides is 1. The molecule has 1 atom stereocenters. The highest BCUT2D eigenvalue weighted by molar-refractivity contribution is 5.99. The fraction of sp³-hybridized carbons (Fsp3) is 0.409. The fourth-order valence-electron chi connectivity index (χ4n) is 4.37. The van der Waals surface area contributed by atoms with Crippen molar-refractivity contribution in [2.45, 2.75) is 18.9 Å². The molecule has 8 heteroatoms. The SMILES string of the molecule is Cn1cc(C(N)=O)cc1C(=O)N1CCN(C2CCCN(c3ccccc3)C2=O)CC1. The zero-order valence-corrected chi connectivity index (χ0v) is 17.2. The molecule has 1 unspecified atom stereocenters. The Morgan fingerprint density at radius 1 is 1.03 bits per heavy atom. The largest absolute Gasteiger partial charge is 0.366 e. The Morgan fingerprint density at radius 2 is 1.73 bits per heavy atom. The topological polar surface area (TPSA) is 91.9 Å². The van der Waals surface area contributed by atoms with E-state index in [0.717, 1.165) is 25.1 Å². The average molecular weight is 409 g/mol. The lowest BCUT2D eigenvalue weighted by Gasteiger charge is -2.42. The quantitative estimate of drug-likeness (QED) is 0.818. The van der Waals surface area contributed by atoms with Crippen LogP contribution in [0.3, 0.4) is 0 Å². The molecule has 1 aromatic heterocycles. The van der Waals surface area contributed by atoms with Crippen LogP contribution in [0.25, 0.3) is 0 Å². The summed E-state index contributed by atoms with van der Waals surface area (Å²) in [7, 11) is 1.73. The van der Waals surface area contributed by atoms with Crippen LogP contribution >= 0.6 is 0 Å². The van der Waals surface area contributed by atoms with E-state index in [4.69, 9.17) is 5.73 Å². The van der Waals surface area contributed by atoms with Crippen LogP contribution < -0.4 is 10.6 Å². The maximum absolute atomic E-state index is 13.1. The van der Waals surface area contributed by atoms with Crippen LogP contribution in [0.1, 0.15) is 33.7 Å². The highest BCUT2D eigenvalue weighted by Gasteiger charge is 2.36. The number of carbonyl (C=O) groups is 3. The van der Waals surface area contributed by atoms with Crippen LogP contribution in [0.4, 0.5) is 5.69 Å². The van der Waals surface area contributed by atoms with E-state index < -0.39 is 5.91 Å².